The zero-order valence-corrected chi connectivity index (χ0v) is 8.25. The van der Waals surface area contributed by atoms with Crippen LogP contribution >= 0.6 is 0 Å². The molecule has 1 rings (SSSR count). The van der Waals surface area contributed by atoms with E-state index >= 15 is 0 Å². The number of carbonyl (C=O) groups is 1. The summed E-state index contributed by atoms with van der Waals surface area (Å²) in [6.45, 7) is 1.26. The summed E-state index contributed by atoms with van der Waals surface area (Å²) in [5.41, 5.74) is -0.967. The predicted molar refractivity (Wildman–Crippen MR) is 50.7 cm³/mol. The van der Waals surface area contributed by atoms with Crippen LogP contribution in [0.4, 0.5) is 13.2 Å². The molecule has 0 amide bonds. The molecule has 16 heavy (non-hydrogen) atoms. The number of ketones is 1. The normalized spacial score (nSPS) is 12.6. The molecule has 3 nitrogen and oxygen atoms in total. The topological polar surface area (TPSA) is 49.7 Å². The molecule has 0 atom stereocenters. The van der Waals surface area contributed by atoms with E-state index in [2.05, 4.69) is 5.16 Å². The van der Waals surface area contributed by atoms with Crippen molar-refractivity contribution < 1.29 is 23.2 Å². The third kappa shape index (κ3) is 2.59. The molecular weight excluding hydrogens is 223 g/mol. The minimum absolute atomic E-state index is 0.0447. The summed E-state index contributed by atoms with van der Waals surface area (Å²) < 4.78 is 36.6. The van der Waals surface area contributed by atoms with Gasteiger partial charge in [0.15, 0.2) is 0 Å². The van der Waals surface area contributed by atoms with Crippen LogP contribution in [0.3, 0.4) is 0 Å². The molecule has 0 aliphatic rings. The summed E-state index contributed by atoms with van der Waals surface area (Å²) >= 11 is 0. The molecule has 0 unspecified atom stereocenters. The molecule has 0 spiro atoms. The monoisotopic (exact) mass is 231 g/mol. The molecule has 1 aromatic carbocycles. The highest BCUT2D eigenvalue weighted by Gasteiger charge is 2.30. The smallest absolute Gasteiger partial charge is 0.411 e. The molecule has 86 valence electrons. The number of rotatable bonds is 2. The fraction of sp³-hybridized carbons (Fsp3) is 0.200. The van der Waals surface area contributed by atoms with Gasteiger partial charge < -0.3 is 5.21 Å². The van der Waals surface area contributed by atoms with Crippen molar-refractivity contribution in [2.75, 3.05) is 0 Å². The van der Waals surface area contributed by atoms with Crippen molar-refractivity contribution >= 4 is 11.5 Å². The third-order valence-corrected chi connectivity index (χ3v) is 1.95. The molecule has 0 aromatic heterocycles. The van der Waals surface area contributed by atoms with E-state index in [0.717, 1.165) is 24.3 Å². The fourth-order valence-corrected chi connectivity index (χ4v) is 1.06. The lowest BCUT2D eigenvalue weighted by molar-refractivity contribution is -0.137. The van der Waals surface area contributed by atoms with E-state index in [1.807, 2.05) is 0 Å². The van der Waals surface area contributed by atoms with Crippen LogP contribution in [0, 0.1) is 0 Å². The lowest BCUT2D eigenvalue weighted by Crippen LogP contribution is -2.11. The summed E-state index contributed by atoms with van der Waals surface area (Å²) in [5, 5.41) is 11.0. The Morgan fingerprint density at radius 3 is 2.12 bits per heavy atom. The first kappa shape index (κ1) is 12.2. The number of halogens is 3. The summed E-state index contributed by atoms with van der Waals surface area (Å²) in [7, 11) is 0. The molecule has 0 aliphatic heterocycles. The van der Waals surface area contributed by atoms with E-state index in [9.17, 15) is 18.0 Å². The minimum Gasteiger partial charge on any atom is -0.411 e. The SMILES string of the molecule is CC(=NO)C(=O)c1ccc(C(F)(F)F)cc1. The zero-order chi connectivity index (χ0) is 12.3. The summed E-state index contributed by atoms with van der Waals surface area (Å²) in [4.78, 5) is 11.4. The Labute approximate surface area is 89.2 Å². The van der Waals surface area contributed by atoms with Crippen LogP contribution in [0.2, 0.25) is 0 Å². The summed E-state index contributed by atoms with van der Waals surface area (Å²) in [6, 6.07) is 3.69. The summed E-state index contributed by atoms with van der Waals surface area (Å²) in [6.07, 6.45) is -4.43. The van der Waals surface area contributed by atoms with E-state index < -0.39 is 17.5 Å². The van der Waals surface area contributed by atoms with E-state index in [1.165, 1.54) is 6.92 Å². The fourth-order valence-electron chi connectivity index (χ4n) is 1.06. The van der Waals surface area contributed by atoms with Crippen molar-refractivity contribution in [2.45, 2.75) is 13.1 Å². The first-order valence-corrected chi connectivity index (χ1v) is 4.27. The second kappa shape index (κ2) is 4.34. The Kier molecular flexibility index (Phi) is 3.31. The van der Waals surface area contributed by atoms with Crippen molar-refractivity contribution in [2.24, 2.45) is 5.16 Å². The van der Waals surface area contributed by atoms with Crippen LogP contribution in [-0.2, 0) is 6.18 Å². The van der Waals surface area contributed by atoms with Crippen molar-refractivity contribution in [3.8, 4) is 0 Å². The van der Waals surface area contributed by atoms with Crippen LogP contribution in [0.1, 0.15) is 22.8 Å². The molecule has 0 heterocycles. The van der Waals surface area contributed by atoms with Gasteiger partial charge in [-0.05, 0) is 19.1 Å². The van der Waals surface area contributed by atoms with E-state index in [4.69, 9.17) is 5.21 Å². The Bertz CT molecular complexity index is 421. The quantitative estimate of drug-likeness (QED) is 0.368. The van der Waals surface area contributed by atoms with Crippen LogP contribution < -0.4 is 0 Å². The minimum atomic E-state index is -4.43. The number of Topliss-reactive ketones (excluding diaryl/α,β-unsaturated/α-hetero) is 1. The van der Waals surface area contributed by atoms with Crippen LogP contribution in [0.25, 0.3) is 0 Å². The molecule has 1 aromatic rings. The average molecular weight is 231 g/mol. The lowest BCUT2D eigenvalue weighted by Gasteiger charge is -2.06. The number of alkyl halides is 3. The van der Waals surface area contributed by atoms with Crippen molar-refractivity contribution in [1.82, 2.24) is 0 Å². The van der Waals surface area contributed by atoms with Crippen LogP contribution in [-0.4, -0.2) is 16.7 Å². The van der Waals surface area contributed by atoms with Crippen LogP contribution in [0.15, 0.2) is 29.4 Å². The molecule has 0 saturated carbocycles. The first-order valence-electron chi connectivity index (χ1n) is 4.27. The van der Waals surface area contributed by atoms with Gasteiger partial charge in [-0.1, -0.05) is 17.3 Å². The predicted octanol–water partition coefficient (Wildman–Crippen LogP) is 2.74. The van der Waals surface area contributed by atoms with Crippen molar-refractivity contribution in [3.05, 3.63) is 35.4 Å². The molecular formula is C10H8F3NO2. The molecule has 6 heteroatoms. The summed E-state index contributed by atoms with van der Waals surface area (Å²) in [5.74, 6) is -0.615. The number of carbonyl (C=O) groups excluding carboxylic acids is 1. The number of nitrogens with zero attached hydrogens (tertiary/aromatic N) is 1. The molecule has 0 bridgehead atoms. The maximum Gasteiger partial charge on any atom is 0.416 e. The van der Waals surface area contributed by atoms with Crippen LogP contribution in [0.5, 0.6) is 0 Å². The van der Waals surface area contributed by atoms with E-state index in [-0.39, 0.29) is 11.3 Å². The Hall–Kier alpha value is -1.85. The lowest BCUT2D eigenvalue weighted by atomic mass is 10.1. The third-order valence-electron chi connectivity index (χ3n) is 1.95. The van der Waals surface area contributed by atoms with Crippen molar-refractivity contribution in [1.29, 1.82) is 0 Å². The standard InChI is InChI=1S/C10H8F3NO2/c1-6(14-16)9(15)7-2-4-8(5-3-7)10(11,12)13/h2-5,16H,1H3. The van der Waals surface area contributed by atoms with Gasteiger partial charge in [-0.3, -0.25) is 4.79 Å². The molecule has 0 saturated heterocycles. The van der Waals surface area contributed by atoms with Gasteiger partial charge in [0.2, 0.25) is 5.78 Å². The number of oxime groups is 1. The first-order chi connectivity index (χ1) is 7.36. The largest absolute Gasteiger partial charge is 0.416 e. The molecule has 1 N–H and O–H groups in total. The zero-order valence-electron chi connectivity index (χ0n) is 8.25. The highest BCUT2D eigenvalue weighted by molar-refractivity contribution is 6.45. The number of benzene rings is 1. The highest BCUT2D eigenvalue weighted by Crippen LogP contribution is 2.29. The van der Waals surface area contributed by atoms with Gasteiger partial charge in [0.25, 0.3) is 0 Å². The average Bonchev–Trinajstić information content (AvgIpc) is 2.26. The maximum atomic E-state index is 12.2. The van der Waals surface area contributed by atoms with E-state index in [1.54, 1.807) is 0 Å². The van der Waals surface area contributed by atoms with Gasteiger partial charge >= 0.3 is 6.18 Å². The molecule has 0 radical (unpaired) electrons. The Balaban J connectivity index is 3.01. The van der Waals surface area contributed by atoms with Gasteiger partial charge in [0.05, 0.1) is 5.56 Å². The Morgan fingerprint density at radius 2 is 1.75 bits per heavy atom. The van der Waals surface area contributed by atoms with Gasteiger partial charge in [0.1, 0.15) is 5.71 Å². The second-order valence-electron chi connectivity index (χ2n) is 3.09. The molecule has 0 fully saturated rings. The van der Waals surface area contributed by atoms with Gasteiger partial charge in [-0.15, -0.1) is 0 Å². The second-order valence-corrected chi connectivity index (χ2v) is 3.09. The highest BCUT2D eigenvalue weighted by atomic mass is 19.4. The van der Waals surface area contributed by atoms with Gasteiger partial charge in [-0.2, -0.15) is 13.2 Å². The number of hydrogen-bond donors (Lipinski definition) is 1. The molecule has 0 aliphatic carbocycles. The Morgan fingerprint density at radius 1 is 1.25 bits per heavy atom. The van der Waals surface area contributed by atoms with Crippen molar-refractivity contribution in [3.63, 3.8) is 0 Å². The van der Waals surface area contributed by atoms with Gasteiger partial charge in [-0.25, -0.2) is 0 Å². The number of hydrogen-bond acceptors (Lipinski definition) is 3. The van der Waals surface area contributed by atoms with Gasteiger partial charge in [0, 0.05) is 5.56 Å². The maximum absolute atomic E-state index is 12.2. The van der Waals surface area contributed by atoms with E-state index in [0.29, 0.717) is 0 Å².